The molecule has 2 heterocycles. The van der Waals surface area contributed by atoms with Crippen molar-refractivity contribution < 1.29 is 27.5 Å². The predicted octanol–water partition coefficient (Wildman–Crippen LogP) is 2.26. The number of sulfonamides is 1. The highest BCUT2D eigenvalue weighted by molar-refractivity contribution is 7.93. The molecule has 0 spiro atoms. The molecule has 11 heteroatoms. The van der Waals surface area contributed by atoms with Gasteiger partial charge in [-0.05, 0) is 31.5 Å². The van der Waals surface area contributed by atoms with Crippen molar-refractivity contribution in [2.24, 2.45) is 0 Å². The zero-order valence-electron chi connectivity index (χ0n) is 15.3. The summed E-state index contributed by atoms with van der Waals surface area (Å²) in [6, 6.07) is 4.54. The molecule has 28 heavy (non-hydrogen) atoms. The molecule has 0 bridgehead atoms. The number of ether oxygens (including phenoxy) is 2. The van der Waals surface area contributed by atoms with Crippen molar-refractivity contribution in [3.05, 3.63) is 29.3 Å². The van der Waals surface area contributed by atoms with Gasteiger partial charge in [0.2, 0.25) is 5.91 Å². The van der Waals surface area contributed by atoms with Crippen molar-refractivity contribution in [3.63, 3.8) is 0 Å². The van der Waals surface area contributed by atoms with E-state index < -0.39 is 16.0 Å². The van der Waals surface area contributed by atoms with E-state index in [0.717, 1.165) is 17.8 Å². The lowest BCUT2D eigenvalue weighted by atomic mass is 10.3. The highest BCUT2D eigenvalue weighted by Crippen LogP contribution is 2.32. The third-order valence-electron chi connectivity index (χ3n) is 4.03. The number of rotatable bonds is 7. The Morgan fingerprint density at radius 2 is 2.18 bits per heavy atom. The van der Waals surface area contributed by atoms with Crippen LogP contribution in [0.25, 0.3) is 0 Å². The van der Waals surface area contributed by atoms with Crippen molar-refractivity contribution >= 4 is 44.1 Å². The number of nitrogens with one attached hydrogen (secondary N) is 1. The number of methoxy groups -OCH3 is 1. The zero-order chi connectivity index (χ0) is 20.3. The van der Waals surface area contributed by atoms with Gasteiger partial charge in [-0.3, -0.25) is 9.52 Å². The quantitative estimate of drug-likeness (QED) is 0.677. The third kappa shape index (κ3) is 4.09. The summed E-state index contributed by atoms with van der Waals surface area (Å²) in [5.74, 6) is -0.554. The molecule has 1 aromatic carbocycles. The van der Waals surface area contributed by atoms with Gasteiger partial charge in [0.15, 0.2) is 10.8 Å². The number of amides is 1. The fourth-order valence-corrected chi connectivity index (χ4v) is 4.88. The maximum absolute atomic E-state index is 12.9. The van der Waals surface area contributed by atoms with Crippen molar-refractivity contribution in [3.8, 4) is 5.75 Å². The molecule has 0 saturated carbocycles. The maximum atomic E-state index is 12.9. The van der Waals surface area contributed by atoms with Crippen molar-refractivity contribution in [2.45, 2.75) is 24.7 Å². The van der Waals surface area contributed by atoms with Gasteiger partial charge in [0.1, 0.15) is 10.6 Å². The Labute approximate surface area is 166 Å². The van der Waals surface area contributed by atoms with Crippen LogP contribution in [0.4, 0.5) is 10.8 Å². The molecule has 1 saturated heterocycles. The van der Waals surface area contributed by atoms with Crippen LogP contribution in [0.3, 0.4) is 0 Å². The van der Waals surface area contributed by atoms with Gasteiger partial charge in [-0.25, -0.2) is 18.2 Å². The normalized spacial score (nSPS) is 14.2. The van der Waals surface area contributed by atoms with Gasteiger partial charge in [-0.1, -0.05) is 0 Å². The second-order valence-electron chi connectivity index (χ2n) is 5.85. The number of anilines is 2. The number of hydrogen-bond acceptors (Lipinski definition) is 8. The summed E-state index contributed by atoms with van der Waals surface area (Å²) in [5, 5.41) is 1.43. The molecule has 2 aromatic rings. The Kier molecular flexibility index (Phi) is 5.84. The van der Waals surface area contributed by atoms with Gasteiger partial charge in [-0.2, -0.15) is 0 Å². The average Bonchev–Trinajstić information content (AvgIpc) is 3.30. The molecule has 3 rings (SSSR count). The van der Waals surface area contributed by atoms with E-state index in [1.54, 1.807) is 17.9 Å². The highest BCUT2D eigenvalue weighted by atomic mass is 32.2. The lowest BCUT2D eigenvalue weighted by molar-refractivity contribution is -0.117. The summed E-state index contributed by atoms with van der Waals surface area (Å²) in [6.45, 7) is 2.39. The van der Waals surface area contributed by atoms with Gasteiger partial charge in [0.05, 0.1) is 13.7 Å². The Hall–Kier alpha value is -2.66. The monoisotopic (exact) mass is 425 g/mol. The van der Waals surface area contributed by atoms with Crippen LogP contribution in [0, 0.1) is 0 Å². The van der Waals surface area contributed by atoms with E-state index in [9.17, 15) is 18.0 Å². The number of esters is 1. The van der Waals surface area contributed by atoms with Gasteiger partial charge in [0.25, 0.3) is 10.0 Å². The van der Waals surface area contributed by atoms with E-state index >= 15 is 0 Å². The van der Waals surface area contributed by atoms with Crippen LogP contribution >= 0.6 is 11.3 Å². The van der Waals surface area contributed by atoms with Gasteiger partial charge in [-0.15, -0.1) is 11.3 Å². The highest BCUT2D eigenvalue weighted by Gasteiger charge is 2.27. The molecule has 0 aliphatic carbocycles. The van der Waals surface area contributed by atoms with Crippen LogP contribution < -0.4 is 14.4 Å². The summed E-state index contributed by atoms with van der Waals surface area (Å²) in [5.41, 5.74) is 0.503. The van der Waals surface area contributed by atoms with E-state index in [0.29, 0.717) is 18.7 Å². The number of nitrogens with zero attached hydrogens (tertiary/aromatic N) is 2. The number of aromatic nitrogens is 1. The molecule has 1 aliphatic rings. The molecule has 1 fully saturated rings. The molecule has 1 N–H and O–H groups in total. The standard InChI is InChI=1S/C17H19N3O6S2/c1-3-26-16(22)12-10-27-17(18-12)19-28(23,24)14-9-11(6-7-13(14)25-2)20-8-4-5-15(20)21/h6-7,9-10H,3-5,8H2,1-2H3,(H,18,19). The summed E-state index contributed by atoms with van der Waals surface area (Å²) in [4.78, 5) is 29.1. The predicted molar refractivity (Wildman–Crippen MR) is 103 cm³/mol. The molecular formula is C17H19N3O6S2. The first-order valence-corrected chi connectivity index (χ1v) is 10.9. The summed E-state index contributed by atoms with van der Waals surface area (Å²) in [7, 11) is -2.71. The number of carbonyl (C=O) groups is 2. The Balaban J connectivity index is 1.90. The van der Waals surface area contributed by atoms with Crippen LogP contribution in [-0.2, 0) is 19.6 Å². The van der Waals surface area contributed by atoms with E-state index in [1.165, 1.54) is 24.6 Å². The van der Waals surface area contributed by atoms with Crippen molar-refractivity contribution in [1.29, 1.82) is 0 Å². The first kappa shape index (κ1) is 20.1. The average molecular weight is 425 g/mol. The van der Waals surface area contributed by atoms with E-state index in [-0.39, 0.29) is 34.0 Å². The molecular weight excluding hydrogens is 406 g/mol. The van der Waals surface area contributed by atoms with Crippen LogP contribution in [0.2, 0.25) is 0 Å². The van der Waals surface area contributed by atoms with E-state index in [2.05, 4.69) is 9.71 Å². The molecule has 1 aromatic heterocycles. The van der Waals surface area contributed by atoms with E-state index in [1.807, 2.05) is 0 Å². The molecule has 0 unspecified atom stereocenters. The molecule has 9 nitrogen and oxygen atoms in total. The minimum atomic E-state index is -4.07. The van der Waals surface area contributed by atoms with Crippen molar-refractivity contribution in [2.75, 3.05) is 29.9 Å². The number of carbonyl (C=O) groups excluding carboxylic acids is 2. The van der Waals surface area contributed by atoms with Crippen LogP contribution in [-0.4, -0.2) is 45.5 Å². The number of thiazole rings is 1. The fourth-order valence-electron chi connectivity index (χ4n) is 2.75. The smallest absolute Gasteiger partial charge is 0.357 e. The largest absolute Gasteiger partial charge is 0.495 e. The lowest BCUT2D eigenvalue weighted by Crippen LogP contribution is -2.24. The minimum absolute atomic E-state index is 0.0211. The molecule has 150 valence electrons. The lowest BCUT2D eigenvalue weighted by Gasteiger charge is -2.18. The number of hydrogen-bond donors (Lipinski definition) is 1. The summed E-state index contributed by atoms with van der Waals surface area (Å²) < 4.78 is 38.1. The first-order chi connectivity index (χ1) is 13.4. The second-order valence-corrected chi connectivity index (χ2v) is 8.36. The van der Waals surface area contributed by atoms with Gasteiger partial charge >= 0.3 is 5.97 Å². The minimum Gasteiger partial charge on any atom is -0.495 e. The third-order valence-corrected chi connectivity index (χ3v) is 6.28. The Morgan fingerprint density at radius 1 is 1.39 bits per heavy atom. The molecule has 0 radical (unpaired) electrons. The summed E-state index contributed by atoms with van der Waals surface area (Å²) in [6.07, 6.45) is 1.16. The fraction of sp³-hybridized carbons (Fsp3) is 0.353. The topological polar surface area (TPSA) is 115 Å². The molecule has 1 aliphatic heterocycles. The second kappa shape index (κ2) is 8.15. The van der Waals surface area contributed by atoms with Crippen molar-refractivity contribution in [1.82, 2.24) is 4.98 Å². The maximum Gasteiger partial charge on any atom is 0.357 e. The first-order valence-electron chi connectivity index (χ1n) is 8.49. The zero-order valence-corrected chi connectivity index (χ0v) is 16.9. The van der Waals surface area contributed by atoms with Gasteiger partial charge < -0.3 is 14.4 Å². The Morgan fingerprint density at radius 3 is 2.82 bits per heavy atom. The molecule has 1 amide bonds. The number of benzene rings is 1. The van der Waals surface area contributed by atoms with Crippen LogP contribution in [0.5, 0.6) is 5.75 Å². The molecule has 0 atom stereocenters. The van der Waals surface area contributed by atoms with E-state index in [4.69, 9.17) is 9.47 Å². The Bertz CT molecular complexity index is 1000. The van der Waals surface area contributed by atoms with Gasteiger partial charge in [0, 0.05) is 24.0 Å². The SMILES string of the molecule is CCOC(=O)c1csc(NS(=O)(=O)c2cc(N3CCCC3=O)ccc2OC)n1. The van der Waals surface area contributed by atoms with Crippen LogP contribution in [0.1, 0.15) is 30.3 Å². The summed E-state index contributed by atoms with van der Waals surface area (Å²) >= 11 is 0.961. The van der Waals surface area contributed by atoms with Crippen LogP contribution in [0.15, 0.2) is 28.5 Å².